The number of nitrogens with one attached hydrogen (secondary N) is 1. The van der Waals surface area contributed by atoms with Gasteiger partial charge in [0.25, 0.3) is 0 Å². The van der Waals surface area contributed by atoms with Gasteiger partial charge >= 0.3 is 0 Å². The van der Waals surface area contributed by atoms with Gasteiger partial charge in [0.2, 0.25) is 0 Å². The molecule has 0 amide bonds. The molecular formula is C17H25ClFNO. The summed E-state index contributed by atoms with van der Waals surface area (Å²) in [5, 5.41) is 4.25. The lowest BCUT2D eigenvalue weighted by Crippen LogP contribution is -2.47. The summed E-state index contributed by atoms with van der Waals surface area (Å²) in [5.41, 5.74) is 1.05. The molecule has 1 aliphatic heterocycles. The Morgan fingerprint density at radius 2 is 1.95 bits per heavy atom. The van der Waals surface area contributed by atoms with E-state index < -0.39 is 0 Å². The van der Waals surface area contributed by atoms with Crippen molar-refractivity contribution in [3.8, 4) is 0 Å². The molecule has 1 N–H and O–H groups in total. The van der Waals surface area contributed by atoms with Crippen LogP contribution in [0.3, 0.4) is 0 Å². The molecule has 4 heteroatoms. The number of rotatable bonds is 4. The Morgan fingerprint density at radius 3 is 2.57 bits per heavy atom. The van der Waals surface area contributed by atoms with Gasteiger partial charge in [0.15, 0.2) is 0 Å². The first kappa shape index (κ1) is 16.7. The van der Waals surface area contributed by atoms with Crippen molar-refractivity contribution < 1.29 is 9.13 Å². The molecule has 0 spiro atoms. The highest BCUT2D eigenvalue weighted by Crippen LogP contribution is 2.36. The minimum absolute atomic E-state index is 0.0665. The van der Waals surface area contributed by atoms with Crippen LogP contribution in [0.5, 0.6) is 0 Å². The van der Waals surface area contributed by atoms with Crippen LogP contribution in [0.4, 0.5) is 4.39 Å². The van der Waals surface area contributed by atoms with E-state index in [-0.39, 0.29) is 16.8 Å². The highest BCUT2D eigenvalue weighted by Gasteiger charge is 2.34. The summed E-state index contributed by atoms with van der Waals surface area (Å²) in [6.07, 6.45) is 2.74. The van der Waals surface area contributed by atoms with E-state index >= 15 is 0 Å². The third-order valence-corrected chi connectivity index (χ3v) is 4.49. The first-order valence-corrected chi connectivity index (χ1v) is 7.94. The van der Waals surface area contributed by atoms with E-state index in [0.29, 0.717) is 5.02 Å². The first-order valence-electron chi connectivity index (χ1n) is 7.56. The Labute approximate surface area is 132 Å². The predicted molar refractivity (Wildman–Crippen MR) is 85.4 cm³/mol. The zero-order valence-corrected chi connectivity index (χ0v) is 13.9. The molecule has 1 aliphatic rings. The molecule has 0 unspecified atom stereocenters. The summed E-state index contributed by atoms with van der Waals surface area (Å²) in [4.78, 5) is 0. The first-order chi connectivity index (χ1) is 9.80. The van der Waals surface area contributed by atoms with Gasteiger partial charge in [-0.1, -0.05) is 11.6 Å². The van der Waals surface area contributed by atoms with E-state index in [4.69, 9.17) is 16.3 Å². The molecule has 2 nitrogen and oxygen atoms in total. The van der Waals surface area contributed by atoms with E-state index in [1.807, 2.05) is 0 Å². The van der Waals surface area contributed by atoms with Crippen molar-refractivity contribution in [2.75, 3.05) is 19.8 Å². The van der Waals surface area contributed by atoms with E-state index in [9.17, 15) is 4.39 Å². The summed E-state index contributed by atoms with van der Waals surface area (Å²) in [6, 6.07) is 4.63. The second kappa shape index (κ2) is 6.64. The van der Waals surface area contributed by atoms with Gasteiger partial charge in [-0.25, -0.2) is 4.39 Å². The average Bonchev–Trinajstić information content (AvgIpc) is 2.41. The van der Waals surface area contributed by atoms with Gasteiger partial charge in [0, 0.05) is 30.3 Å². The summed E-state index contributed by atoms with van der Waals surface area (Å²) in [6.45, 7) is 8.91. The average molecular weight is 314 g/mol. The second-order valence-electron chi connectivity index (χ2n) is 7.13. The molecular weight excluding hydrogens is 289 g/mol. The predicted octanol–water partition coefficient (Wildman–Crippen LogP) is 4.21. The van der Waals surface area contributed by atoms with Crippen LogP contribution < -0.4 is 5.32 Å². The van der Waals surface area contributed by atoms with Crippen molar-refractivity contribution in [2.24, 2.45) is 5.41 Å². The van der Waals surface area contributed by atoms with Gasteiger partial charge in [0.1, 0.15) is 5.82 Å². The molecule has 1 aromatic rings. The van der Waals surface area contributed by atoms with Gasteiger partial charge in [0.05, 0.1) is 0 Å². The topological polar surface area (TPSA) is 21.3 Å². The maximum atomic E-state index is 13.5. The van der Waals surface area contributed by atoms with Crippen molar-refractivity contribution in [3.63, 3.8) is 0 Å². The third-order valence-electron chi connectivity index (χ3n) is 4.12. The quantitative estimate of drug-likeness (QED) is 0.899. The van der Waals surface area contributed by atoms with Crippen molar-refractivity contribution >= 4 is 11.6 Å². The molecule has 0 aliphatic carbocycles. The van der Waals surface area contributed by atoms with Crippen LogP contribution in [0, 0.1) is 11.2 Å². The maximum absolute atomic E-state index is 13.5. The highest BCUT2D eigenvalue weighted by molar-refractivity contribution is 6.31. The van der Waals surface area contributed by atoms with Crippen LogP contribution in [-0.4, -0.2) is 25.3 Å². The summed E-state index contributed by atoms with van der Waals surface area (Å²) in [5.74, 6) is -0.222. The van der Waals surface area contributed by atoms with Gasteiger partial charge in [-0.3, -0.25) is 0 Å². The monoisotopic (exact) mass is 313 g/mol. The lowest BCUT2D eigenvalue weighted by Gasteiger charge is -2.40. The van der Waals surface area contributed by atoms with Crippen molar-refractivity contribution in [2.45, 2.75) is 45.6 Å². The number of ether oxygens (including phenoxy) is 1. The van der Waals surface area contributed by atoms with E-state index in [2.05, 4.69) is 26.1 Å². The highest BCUT2D eigenvalue weighted by atomic mass is 35.5. The lowest BCUT2D eigenvalue weighted by molar-refractivity contribution is 0.0121. The van der Waals surface area contributed by atoms with Crippen LogP contribution in [0.2, 0.25) is 5.02 Å². The number of hydrogen-bond acceptors (Lipinski definition) is 2. The Morgan fingerprint density at radius 1 is 1.29 bits per heavy atom. The fourth-order valence-electron chi connectivity index (χ4n) is 2.76. The van der Waals surface area contributed by atoms with E-state index in [1.165, 1.54) is 6.07 Å². The lowest BCUT2D eigenvalue weighted by atomic mass is 9.74. The second-order valence-corrected chi connectivity index (χ2v) is 7.54. The van der Waals surface area contributed by atoms with Crippen LogP contribution in [0.25, 0.3) is 0 Å². The molecule has 1 saturated heterocycles. The van der Waals surface area contributed by atoms with Crippen LogP contribution in [-0.2, 0) is 11.2 Å². The minimum atomic E-state index is -0.222. The summed E-state index contributed by atoms with van der Waals surface area (Å²) in [7, 11) is 0. The largest absolute Gasteiger partial charge is 0.381 e. The van der Waals surface area contributed by atoms with Crippen LogP contribution in [0.1, 0.15) is 39.2 Å². The van der Waals surface area contributed by atoms with Crippen molar-refractivity contribution in [1.29, 1.82) is 0 Å². The van der Waals surface area contributed by atoms with Gasteiger partial charge in [-0.15, -0.1) is 0 Å². The molecule has 1 aromatic carbocycles. The third kappa shape index (κ3) is 4.94. The number of halogens is 2. The van der Waals surface area contributed by atoms with Crippen LogP contribution in [0.15, 0.2) is 18.2 Å². The van der Waals surface area contributed by atoms with Crippen molar-refractivity contribution in [3.05, 3.63) is 34.6 Å². The molecule has 0 saturated carbocycles. The van der Waals surface area contributed by atoms with Gasteiger partial charge < -0.3 is 10.1 Å². The molecule has 1 heterocycles. The number of benzene rings is 1. The van der Waals surface area contributed by atoms with Gasteiger partial charge in [-0.2, -0.15) is 0 Å². The molecule has 0 bridgehead atoms. The Balaban J connectivity index is 2.17. The molecule has 0 aromatic heterocycles. The molecule has 21 heavy (non-hydrogen) atoms. The minimum Gasteiger partial charge on any atom is -0.381 e. The van der Waals surface area contributed by atoms with Gasteiger partial charge in [-0.05, 0) is 69.2 Å². The van der Waals surface area contributed by atoms with E-state index in [1.54, 1.807) is 12.1 Å². The molecule has 0 radical (unpaired) electrons. The standard InChI is InChI=1S/C17H25ClFNO/c1-16(2,3)20-12-17(6-8-21-9-7-17)11-13-10-14(19)4-5-15(13)18/h4-5,10,20H,6-9,11-12H2,1-3H3. The smallest absolute Gasteiger partial charge is 0.123 e. The Kier molecular flexibility index (Phi) is 5.29. The summed E-state index contributed by atoms with van der Waals surface area (Å²) < 4.78 is 19.0. The molecule has 118 valence electrons. The van der Waals surface area contributed by atoms with Crippen molar-refractivity contribution in [1.82, 2.24) is 5.32 Å². The van der Waals surface area contributed by atoms with E-state index in [0.717, 1.165) is 44.6 Å². The molecule has 0 atom stereocenters. The Bertz CT molecular complexity index is 478. The summed E-state index contributed by atoms with van der Waals surface area (Å²) >= 11 is 6.25. The fraction of sp³-hybridized carbons (Fsp3) is 0.647. The fourth-order valence-corrected chi connectivity index (χ4v) is 2.94. The number of hydrogen-bond donors (Lipinski definition) is 1. The Hall–Kier alpha value is -0.640. The SMILES string of the molecule is CC(C)(C)NCC1(Cc2cc(F)ccc2Cl)CCOCC1. The molecule has 1 fully saturated rings. The van der Waals surface area contributed by atoms with Crippen LogP contribution >= 0.6 is 11.6 Å². The molecule has 2 rings (SSSR count). The maximum Gasteiger partial charge on any atom is 0.123 e. The normalized spacial score (nSPS) is 18.7. The zero-order chi connectivity index (χ0) is 15.5. The zero-order valence-electron chi connectivity index (χ0n) is 13.1.